The summed E-state index contributed by atoms with van der Waals surface area (Å²) in [4.78, 5) is 29.4. The predicted molar refractivity (Wildman–Crippen MR) is 144 cm³/mol. The van der Waals surface area contributed by atoms with Crippen molar-refractivity contribution >= 4 is 33.7 Å². The Bertz CT molecular complexity index is 1670. The number of amides is 2. The highest BCUT2D eigenvalue weighted by molar-refractivity contribution is 6.19. The number of halogens is 1. The molecule has 37 heavy (non-hydrogen) atoms. The minimum atomic E-state index is -0.373. The minimum Gasteiger partial charge on any atom is -0.454 e. The van der Waals surface area contributed by atoms with Gasteiger partial charge in [0.05, 0.1) is 11.1 Å². The molecule has 0 spiro atoms. The van der Waals surface area contributed by atoms with Gasteiger partial charge in [0.2, 0.25) is 0 Å². The van der Waals surface area contributed by atoms with Crippen molar-refractivity contribution in [3.63, 3.8) is 0 Å². The Balaban J connectivity index is 1.78. The summed E-state index contributed by atoms with van der Waals surface area (Å²) < 4.78 is 19.9. The highest BCUT2D eigenvalue weighted by Gasteiger charge is 2.25. The van der Waals surface area contributed by atoms with Crippen LogP contribution in [0, 0.1) is 12.7 Å². The van der Waals surface area contributed by atoms with Crippen LogP contribution in [0.4, 0.5) is 4.39 Å². The number of H-pyrrole nitrogens is 1. The largest absolute Gasteiger partial charge is 0.454 e. The van der Waals surface area contributed by atoms with Crippen molar-refractivity contribution in [2.75, 3.05) is 7.05 Å². The molecule has 188 valence electrons. The molecule has 2 amide bonds. The van der Waals surface area contributed by atoms with Gasteiger partial charge in [-0.05, 0) is 81.8 Å². The number of hydrogen-bond donors (Lipinski definition) is 3. The van der Waals surface area contributed by atoms with Crippen LogP contribution in [-0.4, -0.2) is 29.4 Å². The molecule has 2 heterocycles. The number of furan rings is 1. The number of aromatic nitrogens is 1. The highest BCUT2D eigenvalue weighted by atomic mass is 19.1. The van der Waals surface area contributed by atoms with Gasteiger partial charge in [0, 0.05) is 45.7 Å². The quantitative estimate of drug-likeness (QED) is 0.262. The summed E-state index contributed by atoms with van der Waals surface area (Å²) in [7, 11) is 1.56. The summed E-state index contributed by atoms with van der Waals surface area (Å²) >= 11 is 0. The van der Waals surface area contributed by atoms with Crippen molar-refractivity contribution in [3.8, 4) is 22.5 Å². The van der Waals surface area contributed by atoms with Gasteiger partial charge in [-0.25, -0.2) is 4.39 Å². The molecule has 0 aliphatic heterocycles. The molecule has 5 aromatic rings. The van der Waals surface area contributed by atoms with E-state index in [0.29, 0.717) is 33.4 Å². The molecular weight excluding hydrogens is 469 g/mol. The highest BCUT2D eigenvalue weighted by Crippen LogP contribution is 2.42. The van der Waals surface area contributed by atoms with Crippen molar-refractivity contribution < 1.29 is 18.4 Å². The van der Waals surface area contributed by atoms with Gasteiger partial charge in [0.15, 0.2) is 0 Å². The van der Waals surface area contributed by atoms with Gasteiger partial charge in [-0.2, -0.15) is 0 Å². The first-order valence-corrected chi connectivity index (χ1v) is 12.1. The maximum Gasteiger partial charge on any atom is 0.255 e. The Morgan fingerprint density at radius 2 is 1.65 bits per heavy atom. The Kier molecular flexibility index (Phi) is 5.86. The van der Waals surface area contributed by atoms with Crippen LogP contribution in [0.3, 0.4) is 0 Å². The molecule has 0 bridgehead atoms. The molecule has 0 atom stereocenters. The number of rotatable bonds is 4. The maximum absolute atomic E-state index is 13.6. The second kappa shape index (κ2) is 8.92. The monoisotopic (exact) mass is 497 g/mol. The third-order valence-corrected chi connectivity index (χ3v) is 6.18. The Morgan fingerprint density at radius 1 is 0.919 bits per heavy atom. The zero-order valence-electron chi connectivity index (χ0n) is 21.4. The van der Waals surface area contributed by atoms with Gasteiger partial charge >= 0.3 is 0 Å². The summed E-state index contributed by atoms with van der Waals surface area (Å²) in [6.07, 6.45) is 0. The third kappa shape index (κ3) is 4.48. The number of aromatic amines is 1. The lowest BCUT2D eigenvalue weighted by Gasteiger charge is -2.20. The normalized spacial score (nSPS) is 11.7. The van der Waals surface area contributed by atoms with Crippen molar-refractivity contribution in [2.24, 2.45) is 0 Å². The number of benzene rings is 3. The topological polar surface area (TPSA) is 87.1 Å². The van der Waals surface area contributed by atoms with Crippen molar-refractivity contribution in [2.45, 2.75) is 33.2 Å². The number of carbonyl (C=O) groups excluding carboxylic acids is 2. The van der Waals surface area contributed by atoms with Gasteiger partial charge in [0.1, 0.15) is 17.2 Å². The molecular formula is C30H28FN3O3. The fraction of sp³-hybridized carbons (Fsp3) is 0.200. The maximum atomic E-state index is 13.6. The molecule has 0 saturated carbocycles. The number of nitrogens with one attached hydrogen (secondary N) is 3. The lowest BCUT2D eigenvalue weighted by molar-refractivity contribution is 0.0918. The van der Waals surface area contributed by atoms with Crippen LogP contribution >= 0.6 is 0 Å². The molecule has 0 saturated heterocycles. The number of hydrogen-bond acceptors (Lipinski definition) is 3. The van der Waals surface area contributed by atoms with Crippen molar-refractivity contribution in [1.29, 1.82) is 0 Å². The molecule has 0 aliphatic rings. The molecule has 0 unspecified atom stereocenters. The fourth-order valence-corrected chi connectivity index (χ4v) is 4.60. The molecule has 5 rings (SSSR count). The van der Waals surface area contributed by atoms with Crippen LogP contribution in [0.5, 0.6) is 0 Å². The van der Waals surface area contributed by atoms with E-state index in [1.54, 1.807) is 25.2 Å². The zero-order chi connectivity index (χ0) is 26.5. The minimum absolute atomic E-state index is 0.165. The van der Waals surface area contributed by atoms with Crippen molar-refractivity contribution in [3.05, 3.63) is 83.3 Å². The third-order valence-electron chi connectivity index (χ3n) is 6.18. The predicted octanol–water partition coefficient (Wildman–Crippen LogP) is 6.58. The molecule has 0 radical (unpaired) electrons. The first kappa shape index (κ1) is 24.3. The second-order valence-electron chi connectivity index (χ2n) is 10.2. The Hall–Kier alpha value is -4.39. The van der Waals surface area contributed by atoms with E-state index in [4.69, 9.17) is 4.42 Å². The number of aryl methyl sites for hydroxylation is 1. The Morgan fingerprint density at radius 3 is 2.32 bits per heavy atom. The SMILES string of the molecule is CNC(=O)c1c(-c2ccc(F)cc2)oc2c1cc(-c1cccc(C(=O)NC(C)(C)C)c1)c1[nH]c(C)cc12. The van der Waals surface area contributed by atoms with Crippen molar-refractivity contribution in [1.82, 2.24) is 15.6 Å². The number of carbonyl (C=O) groups is 2. The molecule has 6 nitrogen and oxygen atoms in total. The van der Waals surface area contributed by atoms with Gasteiger partial charge < -0.3 is 20.0 Å². The van der Waals surface area contributed by atoms with E-state index in [0.717, 1.165) is 27.7 Å². The number of fused-ring (bicyclic) bond motifs is 3. The summed E-state index contributed by atoms with van der Waals surface area (Å²) in [5.74, 6) is -0.483. The molecule has 3 aromatic carbocycles. The van der Waals surface area contributed by atoms with Crippen LogP contribution in [0.25, 0.3) is 44.3 Å². The fourth-order valence-electron chi connectivity index (χ4n) is 4.60. The lowest BCUT2D eigenvalue weighted by atomic mass is 9.96. The van der Waals surface area contributed by atoms with Gasteiger partial charge in [-0.1, -0.05) is 12.1 Å². The van der Waals surface area contributed by atoms with E-state index in [1.165, 1.54) is 12.1 Å². The molecule has 7 heteroatoms. The molecule has 3 N–H and O–H groups in total. The summed E-state index contributed by atoms with van der Waals surface area (Å²) in [6, 6.07) is 17.2. The zero-order valence-corrected chi connectivity index (χ0v) is 21.4. The van der Waals surface area contributed by atoms with E-state index in [-0.39, 0.29) is 23.2 Å². The van der Waals surface area contributed by atoms with E-state index in [1.807, 2.05) is 58.0 Å². The van der Waals surface area contributed by atoms with E-state index < -0.39 is 0 Å². The van der Waals surface area contributed by atoms with Crippen LogP contribution < -0.4 is 10.6 Å². The summed E-state index contributed by atoms with van der Waals surface area (Å²) in [5.41, 5.74) is 5.10. The van der Waals surface area contributed by atoms with E-state index in [9.17, 15) is 14.0 Å². The van der Waals surface area contributed by atoms with E-state index in [2.05, 4.69) is 15.6 Å². The van der Waals surface area contributed by atoms with E-state index >= 15 is 0 Å². The van der Waals surface area contributed by atoms with Gasteiger partial charge in [0.25, 0.3) is 11.8 Å². The average Bonchev–Trinajstić information content (AvgIpc) is 3.43. The first-order chi connectivity index (χ1) is 17.6. The van der Waals surface area contributed by atoms with Gasteiger partial charge in [-0.15, -0.1) is 0 Å². The lowest BCUT2D eigenvalue weighted by Crippen LogP contribution is -2.40. The molecule has 0 aliphatic carbocycles. The molecule has 0 fully saturated rings. The Labute approximate surface area is 213 Å². The smallest absolute Gasteiger partial charge is 0.255 e. The van der Waals surface area contributed by atoms with Crippen LogP contribution in [0.1, 0.15) is 47.2 Å². The molecule has 2 aromatic heterocycles. The summed E-state index contributed by atoms with van der Waals surface area (Å²) in [6.45, 7) is 7.76. The van der Waals surface area contributed by atoms with Crippen LogP contribution in [0.15, 0.2) is 65.1 Å². The second-order valence-corrected chi connectivity index (χ2v) is 10.2. The summed E-state index contributed by atoms with van der Waals surface area (Å²) in [5, 5.41) is 7.15. The van der Waals surface area contributed by atoms with Crippen LogP contribution in [0.2, 0.25) is 0 Å². The average molecular weight is 498 g/mol. The standard InChI is InChI=1S/C30H28FN3O3/c1-16-13-23-25(33-16)21(18-7-6-8-19(14-18)28(35)34-30(2,3)4)15-22-24(29(36)32-5)26(37-27(22)23)17-9-11-20(31)12-10-17/h6-15,33H,1-5H3,(H,32,36)(H,34,35). The van der Waals surface area contributed by atoms with Gasteiger partial charge in [-0.3, -0.25) is 9.59 Å². The first-order valence-electron chi connectivity index (χ1n) is 12.1. The van der Waals surface area contributed by atoms with Crippen LogP contribution in [-0.2, 0) is 0 Å².